The number of primary amides is 1. The number of carboxylic acid groups (broad SMARTS) is 1. The molecule has 146 valence electrons. The number of phenols is 2. The van der Waals surface area contributed by atoms with E-state index in [1.165, 1.54) is 18.2 Å². The Morgan fingerprint density at radius 1 is 0.852 bits per heavy atom. The number of carbonyl (C=O) groups is 2. The number of hydrogen-bond acceptors (Lipinski definition) is 6. The average Bonchev–Trinajstić information content (AvgIpc) is 2.59. The van der Waals surface area contributed by atoms with Crippen LogP contribution in [0.5, 0.6) is 11.5 Å². The molecule has 0 aliphatic heterocycles. The zero-order valence-corrected chi connectivity index (χ0v) is 15.4. The molecule has 1 amide bonds. The Morgan fingerprint density at radius 2 is 1.26 bits per heavy atom. The minimum absolute atomic E-state index is 0. The van der Waals surface area contributed by atoms with Crippen LogP contribution >= 0.6 is 0 Å². The standard InChI is InChI=1S/C18H21N3O5.Fe/c19-17(24)15(11-5-1-3-7-13(11)22)20-9-10-21-16(18(25)26)12-6-2-4-8-14(12)23;/h1-8,15-16,20-23H,9-10H2,(H2,19,24)(H,25,26);. The molecular weight excluding hydrogens is 394 g/mol. The molecule has 0 heterocycles. The Balaban J connectivity index is 0.00000364. The SMILES string of the molecule is NC(=O)C(NCCNC(C(=O)O)c1ccccc1O)c1ccccc1O.[Fe]. The van der Waals surface area contributed by atoms with E-state index in [0.717, 1.165) is 0 Å². The van der Waals surface area contributed by atoms with Gasteiger partial charge in [-0.2, -0.15) is 0 Å². The third-order valence-corrected chi connectivity index (χ3v) is 3.85. The molecule has 0 saturated carbocycles. The van der Waals surface area contributed by atoms with Gasteiger partial charge in [-0.05, 0) is 12.1 Å². The molecule has 0 fully saturated rings. The van der Waals surface area contributed by atoms with E-state index in [1.54, 1.807) is 30.3 Å². The van der Waals surface area contributed by atoms with Gasteiger partial charge in [0.2, 0.25) is 5.91 Å². The molecule has 0 saturated heterocycles. The fourth-order valence-electron chi connectivity index (χ4n) is 2.59. The van der Waals surface area contributed by atoms with Crippen LogP contribution in [0, 0.1) is 0 Å². The molecule has 0 radical (unpaired) electrons. The molecule has 2 unspecified atom stereocenters. The maximum Gasteiger partial charge on any atom is 0.325 e. The first-order chi connectivity index (χ1) is 12.4. The average molecular weight is 415 g/mol. The van der Waals surface area contributed by atoms with Crippen molar-refractivity contribution in [3.8, 4) is 11.5 Å². The van der Waals surface area contributed by atoms with Gasteiger partial charge >= 0.3 is 5.97 Å². The van der Waals surface area contributed by atoms with Gasteiger partial charge in [0.05, 0.1) is 0 Å². The fraction of sp³-hybridized carbons (Fsp3) is 0.222. The summed E-state index contributed by atoms with van der Waals surface area (Å²) in [6.07, 6.45) is 0. The van der Waals surface area contributed by atoms with Crippen LogP contribution in [0.25, 0.3) is 0 Å². The van der Waals surface area contributed by atoms with E-state index in [2.05, 4.69) is 10.6 Å². The van der Waals surface area contributed by atoms with E-state index in [0.29, 0.717) is 5.56 Å². The van der Waals surface area contributed by atoms with Gasteiger partial charge in [0.25, 0.3) is 0 Å². The summed E-state index contributed by atoms with van der Waals surface area (Å²) >= 11 is 0. The molecule has 2 aromatic carbocycles. The number of rotatable bonds is 9. The molecule has 8 nitrogen and oxygen atoms in total. The van der Waals surface area contributed by atoms with Gasteiger partial charge in [0.15, 0.2) is 0 Å². The number of nitrogens with two attached hydrogens (primary N) is 1. The van der Waals surface area contributed by atoms with Crippen molar-refractivity contribution in [2.45, 2.75) is 12.1 Å². The first kappa shape index (κ1) is 22.5. The number of nitrogens with one attached hydrogen (secondary N) is 2. The smallest absolute Gasteiger partial charge is 0.325 e. The van der Waals surface area contributed by atoms with Gasteiger partial charge in [-0.1, -0.05) is 36.4 Å². The third kappa shape index (κ3) is 5.97. The number of hydrogen-bond donors (Lipinski definition) is 6. The zero-order valence-electron chi connectivity index (χ0n) is 14.3. The number of carboxylic acids is 1. The number of para-hydroxylation sites is 2. The molecule has 0 aliphatic carbocycles. The summed E-state index contributed by atoms with van der Waals surface area (Å²) in [7, 11) is 0. The predicted molar refractivity (Wildman–Crippen MR) is 94.5 cm³/mol. The van der Waals surface area contributed by atoms with Gasteiger partial charge in [0, 0.05) is 41.3 Å². The summed E-state index contributed by atoms with van der Waals surface area (Å²) in [5.41, 5.74) is 5.96. The van der Waals surface area contributed by atoms with E-state index < -0.39 is 24.0 Å². The van der Waals surface area contributed by atoms with E-state index in [-0.39, 0.29) is 47.2 Å². The van der Waals surface area contributed by atoms with Gasteiger partial charge in [-0.15, -0.1) is 0 Å². The van der Waals surface area contributed by atoms with Crippen LogP contribution in [-0.4, -0.2) is 40.3 Å². The number of aliphatic carboxylic acids is 1. The molecule has 2 rings (SSSR count). The van der Waals surface area contributed by atoms with Crippen molar-refractivity contribution >= 4 is 11.9 Å². The normalized spacial score (nSPS) is 12.6. The molecule has 9 heteroatoms. The summed E-state index contributed by atoms with van der Waals surface area (Å²) < 4.78 is 0. The van der Waals surface area contributed by atoms with Crippen molar-refractivity contribution in [3.63, 3.8) is 0 Å². The Kier molecular flexibility index (Phi) is 8.77. The van der Waals surface area contributed by atoms with Crippen molar-refractivity contribution in [2.24, 2.45) is 5.73 Å². The molecule has 2 atom stereocenters. The first-order valence-electron chi connectivity index (χ1n) is 7.96. The zero-order chi connectivity index (χ0) is 19.1. The second kappa shape index (κ2) is 10.5. The Bertz CT molecular complexity index is 722. The minimum atomic E-state index is -1.14. The van der Waals surface area contributed by atoms with Crippen molar-refractivity contribution < 1.29 is 42.0 Å². The van der Waals surface area contributed by atoms with E-state index in [9.17, 15) is 24.9 Å². The minimum Gasteiger partial charge on any atom is -0.508 e. The van der Waals surface area contributed by atoms with Crippen LogP contribution in [0.3, 0.4) is 0 Å². The largest absolute Gasteiger partial charge is 0.508 e. The molecule has 2 aromatic rings. The molecule has 0 bridgehead atoms. The maximum absolute atomic E-state index is 11.7. The molecule has 7 N–H and O–H groups in total. The molecule has 0 spiro atoms. The molecular formula is C18H21FeN3O5. The molecule has 0 aliphatic rings. The molecule has 0 aromatic heterocycles. The van der Waals surface area contributed by atoms with Gasteiger partial charge in [-0.3, -0.25) is 14.9 Å². The van der Waals surface area contributed by atoms with Gasteiger partial charge < -0.3 is 26.4 Å². The number of benzene rings is 2. The summed E-state index contributed by atoms with van der Waals surface area (Å²) in [6.45, 7) is 0.391. The third-order valence-electron chi connectivity index (χ3n) is 3.85. The molecule has 27 heavy (non-hydrogen) atoms. The summed E-state index contributed by atoms with van der Waals surface area (Å²) in [5.74, 6) is -1.99. The number of carbonyl (C=O) groups excluding carboxylic acids is 1. The number of aromatic hydroxyl groups is 2. The number of amides is 1. The fourth-order valence-corrected chi connectivity index (χ4v) is 2.59. The second-order valence-electron chi connectivity index (χ2n) is 5.63. The van der Waals surface area contributed by atoms with Crippen molar-refractivity contribution in [1.82, 2.24) is 10.6 Å². The van der Waals surface area contributed by atoms with E-state index in [1.807, 2.05) is 0 Å². The topological polar surface area (TPSA) is 145 Å². The van der Waals surface area contributed by atoms with Crippen LogP contribution in [-0.2, 0) is 26.7 Å². The van der Waals surface area contributed by atoms with Gasteiger partial charge in [-0.25, -0.2) is 0 Å². The van der Waals surface area contributed by atoms with Crippen LogP contribution in [0.15, 0.2) is 48.5 Å². The second-order valence-corrected chi connectivity index (χ2v) is 5.63. The van der Waals surface area contributed by atoms with Crippen molar-refractivity contribution in [3.05, 3.63) is 59.7 Å². The van der Waals surface area contributed by atoms with Gasteiger partial charge in [0.1, 0.15) is 23.6 Å². The Hall–Kier alpha value is -2.58. The summed E-state index contributed by atoms with van der Waals surface area (Å²) in [6, 6.07) is 10.5. The van der Waals surface area contributed by atoms with E-state index in [4.69, 9.17) is 5.73 Å². The quantitative estimate of drug-likeness (QED) is 0.260. The summed E-state index contributed by atoms with van der Waals surface area (Å²) in [4.78, 5) is 23.1. The van der Waals surface area contributed by atoms with Crippen LogP contribution in [0.2, 0.25) is 0 Å². The first-order valence-corrected chi connectivity index (χ1v) is 7.96. The van der Waals surface area contributed by atoms with Crippen molar-refractivity contribution in [1.29, 1.82) is 0 Å². The van der Waals surface area contributed by atoms with Crippen LogP contribution in [0.4, 0.5) is 0 Å². The number of phenolic OH excluding ortho intramolecular Hbond substituents is 2. The van der Waals surface area contributed by atoms with Crippen LogP contribution < -0.4 is 16.4 Å². The maximum atomic E-state index is 11.7. The summed E-state index contributed by atoms with van der Waals surface area (Å²) in [5, 5.41) is 34.7. The predicted octanol–water partition coefficient (Wildman–Crippen LogP) is 0.627. The van der Waals surface area contributed by atoms with Crippen LogP contribution in [0.1, 0.15) is 23.2 Å². The van der Waals surface area contributed by atoms with E-state index >= 15 is 0 Å². The Morgan fingerprint density at radius 3 is 1.67 bits per heavy atom. The van der Waals surface area contributed by atoms with Crippen molar-refractivity contribution in [2.75, 3.05) is 13.1 Å². The Labute approximate surface area is 166 Å². The monoisotopic (exact) mass is 415 g/mol.